The Kier molecular flexibility index (Phi) is 53.7. The molecule has 149 heavy (non-hydrogen) atoms. The molecule has 808 valence electrons. The van der Waals surface area contributed by atoms with Crippen LogP contribution in [-0.4, -0.2) is 196 Å². The Labute approximate surface area is 889 Å². The van der Waals surface area contributed by atoms with E-state index in [4.69, 9.17) is 76.8 Å². The fraction of sp³-hybridized carbons (Fsp3) is 0.496. The number of Topliss-reactive ketones (excluding diaryl/α,β-unsaturated/α-hetero) is 1. The van der Waals surface area contributed by atoms with Gasteiger partial charge >= 0.3 is 0 Å². The lowest BCUT2D eigenvalue weighted by Crippen LogP contribution is -2.23. The third-order valence-corrected chi connectivity index (χ3v) is 27.3. The second-order valence-corrected chi connectivity index (χ2v) is 41.0. The number of carbonyl (C=O) groups excluding carboxylic acids is 5. The zero-order valence-corrected chi connectivity index (χ0v) is 92.2. The number of unbranched alkanes of at least 4 members (excludes halogenated alkanes) is 7. The molecule has 8 aromatic carbocycles. The molecule has 10 fully saturated rings. The van der Waals surface area contributed by atoms with Gasteiger partial charge in [-0.2, -0.15) is 0 Å². The Balaban J connectivity index is 0.000000187. The summed E-state index contributed by atoms with van der Waals surface area (Å²) >= 11 is 0. The molecule has 20 atom stereocenters. The van der Waals surface area contributed by atoms with E-state index >= 15 is 0 Å². The van der Waals surface area contributed by atoms with Gasteiger partial charge in [0.05, 0.1) is 167 Å². The number of rotatable bonds is 32. The molecule has 22 heteroatoms. The molecule has 18 rings (SSSR count). The summed E-state index contributed by atoms with van der Waals surface area (Å²) < 4.78 is 83.3. The minimum atomic E-state index is 0.0300. The molecule has 0 spiro atoms. The first-order chi connectivity index (χ1) is 71.8. The number of benzene rings is 8. The number of ether oxygens (including phenoxy) is 15. The lowest BCUT2D eigenvalue weighted by atomic mass is 9.99. The van der Waals surface area contributed by atoms with Crippen LogP contribution < -0.4 is 29.4 Å². The molecular weight excluding hydrogens is 1870 g/mol. The van der Waals surface area contributed by atoms with Gasteiger partial charge in [0, 0.05) is 76.6 Å². The van der Waals surface area contributed by atoms with Crippen LogP contribution in [0.25, 0.3) is 47.6 Å². The number of hydrogen-bond donors (Lipinski definition) is 1. The van der Waals surface area contributed by atoms with Crippen molar-refractivity contribution in [3.05, 3.63) is 257 Å². The predicted octanol–water partition coefficient (Wildman–Crippen LogP) is 26.6. The SMILES string of the molecule is CC(=O)C=Cc1ccc(N)cc1.CCCCCCCCOc1ccc(C=CC(C)=O)cc1OC.CCCCOc1ccc(-c2ccc(C=CC(C)=O)cc2)cc1.CCCCOc1ccc(C=Cc2ccc(C(C)=O)cc2)cc1.COc1ccc(C=Nc2ccc(C=CC(C)=O)cc2)cc1.C[C@@H]1CO[C@H]2[C@@H]1OC[C@@H]2C.C[C@@H]1CO[C@H]2[C@@H]1OC[C@@H]2C.C[C@@H]1CO[C@H]2[C@@H]1OC[C@@H]2C.C[C@@H]1CO[C@H]2[C@@H]1OC[C@@H]2C.C[C@@H]1CO[C@H]2[C@@H]1OC[C@@H]2C. The Hall–Kier alpha value is -11.1. The Bertz CT molecular complexity index is 5160. The third kappa shape index (κ3) is 42.2. The predicted molar refractivity (Wildman–Crippen MR) is 602 cm³/mol. The van der Waals surface area contributed by atoms with Crippen LogP contribution in [0.15, 0.2) is 217 Å². The quantitative estimate of drug-likeness (QED) is 0.0103. The van der Waals surface area contributed by atoms with Crippen molar-refractivity contribution in [2.75, 3.05) is 106 Å². The molecule has 0 saturated carbocycles. The highest BCUT2D eigenvalue weighted by molar-refractivity contribution is 5.95. The molecule has 0 unspecified atom stereocenters. The molecule has 8 aromatic rings. The van der Waals surface area contributed by atoms with E-state index in [1.54, 1.807) is 82.9 Å². The van der Waals surface area contributed by atoms with Gasteiger partial charge in [-0.05, 0) is 213 Å². The summed E-state index contributed by atoms with van der Waals surface area (Å²) in [4.78, 5) is 59.0. The fourth-order valence-electron chi connectivity index (χ4n) is 18.2. The molecule has 10 aliphatic rings. The van der Waals surface area contributed by atoms with Crippen LogP contribution in [0.2, 0.25) is 0 Å². The summed E-state index contributed by atoms with van der Waals surface area (Å²) in [5.41, 5.74) is 17.3. The van der Waals surface area contributed by atoms with Crippen LogP contribution in [0.4, 0.5) is 11.4 Å². The van der Waals surface area contributed by atoms with Crippen LogP contribution in [0.5, 0.6) is 28.7 Å². The highest BCUT2D eigenvalue weighted by Gasteiger charge is 2.47. The van der Waals surface area contributed by atoms with E-state index in [0.29, 0.717) is 133 Å². The Morgan fingerprint density at radius 1 is 0.289 bits per heavy atom. The van der Waals surface area contributed by atoms with E-state index in [-0.39, 0.29) is 28.9 Å². The molecule has 10 saturated heterocycles. The zero-order valence-electron chi connectivity index (χ0n) is 92.2. The molecule has 10 aliphatic heterocycles. The number of nitrogen functional groups attached to an aromatic ring is 1. The van der Waals surface area contributed by atoms with Crippen molar-refractivity contribution in [1.29, 1.82) is 0 Å². The van der Waals surface area contributed by atoms with Crippen LogP contribution >= 0.6 is 0 Å². The minimum Gasteiger partial charge on any atom is -0.497 e. The van der Waals surface area contributed by atoms with E-state index in [1.807, 2.05) is 164 Å². The molecule has 2 N–H and O–H groups in total. The molecule has 22 nitrogen and oxygen atoms in total. The van der Waals surface area contributed by atoms with Crippen LogP contribution in [0.1, 0.15) is 238 Å². The van der Waals surface area contributed by atoms with Gasteiger partial charge in [0.15, 0.2) is 40.4 Å². The summed E-state index contributed by atoms with van der Waals surface area (Å²) in [7, 11) is 3.27. The van der Waals surface area contributed by atoms with Gasteiger partial charge in [-0.25, -0.2) is 0 Å². The van der Waals surface area contributed by atoms with Gasteiger partial charge in [0.1, 0.15) is 17.2 Å². The number of allylic oxidation sites excluding steroid dienone is 4. The van der Waals surface area contributed by atoms with Crippen LogP contribution in [0, 0.1) is 59.2 Å². The highest BCUT2D eigenvalue weighted by atomic mass is 16.6. The van der Waals surface area contributed by atoms with Gasteiger partial charge in [-0.3, -0.25) is 29.0 Å². The molecular formula is C127H170N2O20. The van der Waals surface area contributed by atoms with Gasteiger partial charge in [0.2, 0.25) is 0 Å². The summed E-state index contributed by atoms with van der Waals surface area (Å²) in [6.45, 7) is 47.4. The second-order valence-electron chi connectivity index (χ2n) is 41.0. The van der Waals surface area contributed by atoms with E-state index in [9.17, 15) is 24.0 Å². The number of nitrogens with zero attached hydrogens (tertiary/aromatic N) is 1. The molecule has 0 radical (unpaired) electrons. The van der Waals surface area contributed by atoms with Gasteiger partial charge in [-0.15, -0.1) is 0 Å². The van der Waals surface area contributed by atoms with Crippen molar-refractivity contribution in [2.45, 2.75) is 250 Å². The smallest absolute Gasteiger partial charge is 0.161 e. The lowest BCUT2D eigenvalue weighted by molar-refractivity contribution is -0.113. The van der Waals surface area contributed by atoms with Gasteiger partial charge < -0.3 is 76.8 Å². The molecule has 0 amide bonds. The first-order valence-corrected chi connectivity index (χ1v) is 54.0. The average Bonchev–Trinajstić information content (AvgIpc) is 1.68. The molecule has 10 heterocycles. The molecule has 0 aromatic heterocycles. The molecule has 0 bridgehead atoms. The zero-order chi connectivity index (χ0) is 108. The van der Waals surface area contributed by atoms with Gasteiger partial charge in [-0.1, -0.05) is 275 Å². The lowest BCUT2D eigenvalue weighted by Gasteiger charge is -2.11. The maximum absolute atomic E-state index is 11.2. The summed E-state index contributed by atoms with van der Waals surface area (Å²) in [5, 5.41) is 0. The van der Waals surface area contributed by atoms with E-state index < -0.39 is 0 Å². The maximum Gasteiger partial charge on any atom is 0.161 e. The highest BCUT2D eigenvalue weighted by Crippen LogP contribution is 2.40. The Morgan fingerprint density at radius 2 is 0.557 bits per heavy atom. The fourth-order valence-corrected chi connectivity index (χ4v) is 18.2. The number of hydrogen-bond acceptors (Lipinski definition) is 22. The number of ketones is 5. The van der Waals surface area contributed by atoms with Crippen molar-refractivity contribution in [3.63, 3.8) is 0 Å². The standard InChI is InChI=1S/2C20H22O2.C19H28O3.C18H17NO2.C10H11NO.5C8H14O2/c1-3-4-15-22-20-13-9-18(10-14-20)6-5-17-7-11-19(12-8-17)16(2)21;1-3-4-15-22-20-13-11-19(12-14-20)18-9-7-17(8-10-18)6-5-16(2)21;1-4-5-6-7-8-9-14-22-18-13-12-17(11-10-16(2)20)15-19(18)21-3;1-14(20)3-4-15-5-9-17(10-6-15)19-13-16-7-11-18(21-2)12-8-16;1-8(12)2-3-9-4-6-10(11)7-5-9;5*1-5-3-9-8-6(2)4-10-7(5)8/h2*5-14H,3-4,15H2,1-2H3;10-13,15H,4-9,14H2,1-3H3;3-13H,1-2H3;2-7H,11H2,1H3;5*5-8H,3-4H2,1-2H3/t;;;;;5*5-,6+,7-,8-/m.....11111/s1. The van der Waals surface area contributed by atoms with E-state index in [0.717, 1.165) is 201 Å². The van der Waals surface area contributed by atoms with Crippen molar-refractivity contribution in [2.24, 2.45) is 64.2 Å². The summed E-state index contributed by atoms with van der Waals surface area (Å²) in [6.07, 6.45) is 35.2. The first-order valence-electron chi connectivity index (χ1n) is 54.0. The number of carbonyl (C=O) groups is 5. The van der Waals surface area contributed by atoms with E-state index in [1.165, 1.54) is 59.0 Å². The average molecular weight is 2040 g/mol. The number of aliphatic imine (C=N–C) groups is 1. The van der Waals surface area contributed by atoms with Crippen LogP contribution in [0.3, 0.4) is 0 Å². The normalized spacial score (nSPS) is 25.1. The number of anilines is 1. The Morgan fingerprint density at radius 3 is 0.886 bits per heavy atom. The summed E-state index contributed by atoms with van der Waals surface area (Å²) in [6, 6.07) is 60.5. The van der Waals surface area contributed by atoms with Crippen molar-refractivity contribution in [3.8, 4) is 39.9 Å². The van der Waals surface area contributed by atoms with Crippen molar-refractivity contribution < 1.29 is 95.0 Å². The largest absolute Gasteiger partial charge is 0.497 e. The second kappa shape index (κ2) is 65.9. The van der Waals surface area contributed by atoms with E-state index in [2.05, 4.69) is 125 Å². The van der Waals surface area contributed by atoms with Crippen molar-refractivity contribution >= 4 is 83.0 Å². The number of methoxy groups -OCH3 is 2. The number of fused-ring (bicyclic) bond motifs is 5. The monoisotopic (exact) mass is 2040 g/mol. The third-order valence-electron chi connectivity index (χ3n) is 27.3. The topological polar surface area (TPSA) is 262 Å². The maximum atomic E-state index is 11.2. The number of nitrogens with two attached hydrogens (primary N) is 1. The van der Waals surface area contributed by atoms with Gasteiger partial charge in [0.25, 0.3) is 0 Å². The van der Waals surface area contributed by atoms with Crippen molar-refractivity contribution in [1.82, 2.24) is 0 Å². The molecule has 0 aliphatic carbocycles. The first kappa shape index (κ1) is 121. The minimum absolute atomic E-state index is 0.0300. The van der Waals surface area contributed by atoms with Crippen LogP contribution in [-0.2, 0) is 66.5 Å². The summed E-state index contributed by atoms with van der Waals surface area (Å²) in [5.74, 6) is 10.5.